The van der Waals surface area contributed by atoms with E-state index in [0.29, 0.717) is 17.2 Å². The Morgan fingerprint density at radius 1 is 0.886 bits per heavy atom. The van der Waals surface area contributed by atoms with Gasteiger partial charge in [-0.05, 0) is 96.8 Å². The topological polar surface area (TPSA) is 52.6 Å². The van der Waals surface area contributed by atoms with Crippen molar-refractivity contribution in [2.75, 3.05) is 6.61 Å². The number of carbonyl (C=O) groups is 2. The minimum atomic E-state index is -0.184. The molecule has 0 spiro atoms. The number of benzene rings is 3. The molecule has 1 aliphatic carbocycles. The Morgan fingerprint density at radius 3 is 2.29 bits per heavy atom. The van der Waals surface area contributed by atoms with Crippen LogP contribution in [0.25, 0.3) is 10.8 Å². The van der Waals surface area contributed by atoms with Crippen molar-refractivity contribution >= 4 is 22.5 Å². The number of fused-ring (bicyclic) bond motifs is 1. The van der Waals surface area contributed by atoms with Crippen molar-refractivity contribution in [3.8, 4) is 11.5 Å². The van der Waals surface area contributed by atoms with Crippen LogP contribution in [0.4, 0.5) is 0 Å². The van der Waals surface area contributed by atoms with Crippen LogP contribution >= 0.6 is 0 Å². The molecule has 4 nitrogen and oxygen atoms in total. The molecule has 0 heterocycles. The Morgan fingerprint density at radius 2 is 1.57 bits per heavy atom. The molecule has 3 aromatic rings. The van der Waals surface area contributed by atoms with Crippen LogP contribution in [0.1, 0.15) is 73.7 Å². The Bertz CT molecular complexity index is 1170. The van der Waals surface area contributed by atoms with E-state index in [-0.39, 0.29) is 17.7 Å². The summed E-state index contributed by atoms with van der Waals surface area (Å²) in [5.41, 5.74) is 1.87. The molecule has 3 aromatic carbocycles. The lowest BCUT2D eigenvalue weighted by Gasteiger charge is -2.27. The van der Waals surface area contributed by atoms with E-state index in [1.165, 1.54) is 35.3 Å². The molecular weight excluding hydrogens is 436 g/mol. The zero-order chi connectivity index (χ0) is 24.6. The molecule has 4 heteroatoms. The highest BCUT2D eigenvalue weighted by atomic mass is 16.5. The van der Waals surface area contributed by atoms with Gasteiger partial charge >= 0.3 is 5.97 Å². The smallest absolute Gasteiger partial charge is 0.314 e. The Kier molecular flexibility index (Phi) is 8.36. The molecule has 0 aromatic heterocycles. The van der Waals surface area contributed by atoms with Gasteiger partial charge in [0.15, 0.2) is 5.78 Å². The molecule has 0 radical (unpaired) electrons. The molecular formula is C31H34O4. The summed E-state index contributed by atoms with van der Waals surface area (Å²) >= 11 is 0. The van der Waals surface area contributed by atoms with Crippen LogP contribution < -0.4 is 9.47 Å². The molecule has 4 rings (SSSR count). The lowest BCUT2D eigenvalue weighted by atomic mass is 9.78. The van der Waals surface area contributed by atoms with Crippen LogP contribution in [0.3, 0.4) is 0 Å². The fourth-order valence-electron chi connectivity index (χ4n) is 4.80. The van der Waals surface area contributed by atoms with Gasteiger partial charge in [0.1, 0.15) is 11.5 Å². The van der Waals surface area contributed by atoms with Crippen LogP contribution in [-0.4, -0.2) is 18.4 Å². The predicted molar refractivity (Wildman–Crippen MR) is 140 cm³/mol. The van der Waals surface area contributed by atoms with E-state index in [0.717, 1.165) is 44.5 Å². The second-order valence-corrected chi connectivity index (χ2v) is 9.39. The number of carbonyl (C=O) groups excluding carboxylic acids is 2. The molecule has 0 atom stereocenters. The Labute approximate surface area is 207 Å². The van der Waals surface area contributed by atoms with E-state index in [1.54, 1.807) is 24.3 Å². The Balaban J connectivity index is 1.31. The van der Waals surface area contributed by atoms with Gasteiger partial charge in [0.25, 0.3) is 0 Å². The average molecular weight is 471 g/mol. The third-order valence-corrected chi connectivity index (χ3v) is 6.93. The lowest BCUT2D eigenvalue weighted by Crippen LogP contribution is -2.25. The second kappa shape index (κ2) is 11.8. The van der Waals surface area contributed by atoms with Crippen LogP contribution in [0.5, 0.6) is 11.5 Å². The highest BCUT2D eigenvalue weighted by Crippen LogP contribution is 2.37. The van der Waals surface area contributed by atoms with Gasteiger partial charge in [0, 0.05) is 5.56 Å². The van der Waals surface area contributed by atoms with Crippen molar-refractivity contribution in [1.82, 2.24) is 0 Å². The molecule has 0 N–H and O–H groups in total. The number of ketones is 1. The number of ether oxygens (including phenoxy) is 2. The summed E-state index contributed by atoms with van der Waals surface area (Å²) in [6.45, 7) is 6.45. The maximum atomic E-state index is 12.7. The molecule has 1 saturated carbocycles. The third kappa shape index (κ3) is 6.39. The number of hydrogen-bond donors (Lipinski definition) is 0. The van der Waals surface area contributed by atoms with Gasteiger partial charge in [-0.3, -0.25) is 9.59 Å². The summed E-state index contributed by atoms with van der Waals surface area (Å²) in [6, 6.07) is 19.7. The van der Waals surface area contributed by atoms with Gasteiger partial charge in [0.2, 0.25) is 0 Å². The highest BCUT2D eigenvalue weighted by Gasteiger charge is 2.28. The molecule has 182 valence electrons. The molecule has 1 fully saturated rings. The SMILES string of the molecule is C=CC(=O)c1ccc(OC(=O)C2CCC(c3ccc4cc(OCCCCC)ccc4c3)CC2)cc1. The van der Waals surface area contributed by atoms with E-state index >= 15 is 0 Å². The van der Waals surface area contributed by atoms with Crippen molar-refractivity contribution in [3.63, 3.8) is 0 Å². The first kappa shape index (κ1) is 24.7. The number of allylic oxidation sites excluding steroid dienone is 1. The molecule has 0 unspecified atom stereocenters. The standard InChI is InChI=1S/C31H34O4/c1-3-5-6-19-34-29-18-15-26-20-25(11-12-27(26)21-29)22-7-9-24(10-8-22)31(33)35-28-16-13-23(14-17-28)30(32)4-2/h4,11-18,20-22,24H,2-3,5-10,19H2,1H3. The number of rotatable bonds is 10. The van der Waals surface area contributed by atoms with Crippen LogP contribution in [-0.2, 0) is 4.79 Å². The molecule has 0 bridgehead atoms. The number of unbranched alkanes of at least 4 members (excludes halogenated alkanes) is 2. The normalized spacial score (nSPS) is 17.6. The largest absolute Gasteiger partial charge is 0.494 e. The summed E-state index contributed by atoms with van der Waals surface area (Å²) in [5, 5.41) is 2.42. The summed E-state index contributed by atoms with van der Waals surface area (Å²) < 4.78 is 11.5. The molecule has 0 saturated heterocycles. The molecule has 0 amide bonds. The third-order valence-electron chi connectivity index (χ3n) is 6.93. The average Bonchev–Trinajstić information content (AvgIpc) is 2.91. The zero-order valence-corrected chi connectivity index (χ0v) is 20.5. The number of esters is 1. The quantitative estimate of drug-likeness (QED) is 0.100. The van der Waals surface area contributed by atoms with Crippen molar-refractivity contribution in [3.05, 3.63) is 84.4 Å². The van der Waals surface area contributed by atoms with Gasteiger partial charge in [-0.1, -0.05) is 50.6 Å². The molecule has 1 aliphatic rings. The molecule has 35 heavy (non-hydrogen) atoms. The van der Waals surface area contributed by atoms with E-state index in [1.807, 2.05) is 0 Å². The predicted octanol–water partition coefficient (Wildman–Crippen LogP) is 7.66. The fourth-order valence-corrected chi connectivity index (χ4v) is 4.80. The van der Waals surface area contributed by atoms with Crippen molar-refractivity contribution in [1.29, 1.82) is 0 Å². The summed E-state index contributed by atoms with van der Waals surface area (Å²) in [7, 11) is 0. The maximum Gasteiger partial charge on any atom is 0.314 e. The van der Waals surface area contributed by atoms with Crippen LogP contribution in [0, 0.1) is 5.92 Å². The van der Waals surface area contributed by atoms with Crippen LogP contribution in [0.2, 0.25) is 0 Å². The van der Waals surface area contributed by atoms with Gasteiger partial charge in [-0.15, -0.1) is 0 Å². The minimum Gasteiger partial charge on any atom is -0.494 e. The summed E-state index contributed by atoms with van der Waals surface area (Å²) in [5.74, 6) is 1.44. The van der Waals surface area contributed by atoms with Gasteiger partial charge in [0.05, 0.1) is 12.5 Å². The van der Waals surface area contributed by atoms with Crippen LogP contribution in [0.15, 0.2) is 73.3 Å². The Hall–Kier alpha value is -3.40. The summed E-state index contributed by atoms with van der Waals surface area (Å²) in [4.78, 5) is 24.3. The van der Waals surface area contributed by atoms with E-state index in [4.69, 9.17) is 9.47 Å². The minimum absolute atomic E-state index is 0.0893. The first-order chi connectivity index (χ1) is 17.1. The summed E-state index contributed by atoms with van der Waals surface area (Å²) in [6.07, 6.45) is 8.33. The van der Waals surface area contributed by atoms with E-state index in [9.17, 15) is 9.59 Å². The van der Waals surface area contributed by atoms with Crippen molar-refractivity contribution in [2.45, 2.75) is 57.8 Å². The van der Waals surface area contributed by atoms with Gasteiger partial charge < -0.3 is 9.47 Å². The van der Waals surface area contributed by atoms with E-state index < -0.39 is 0 Å². The first-order valence-electron chi connectivity index (χ1n) is 12.7. The number of hydrogen-bond acceptors (Lipinski definition) is 4. The second-order valence-electron chi connectivity index (χ2n) is 9.39. The zero-order valence-electron chi connectivity index (χ0n) is 20.5. The lowest BCUT2D eigenvalue weighted by molar-refractivity contribution is -0.140. The highest BCUT2D eigenvalue weighted by molar-refractivity contribution is 6.04. The molecule has 0 aliphatic heterocycles. The van der Waals surface area contributed by atoms with Crippen molar-refractivity contribution in [2.24, 2.45) is 5.92 Å². The van der Waals surface area contributed by atoms with Crippen molar-refractivity contribution < 1.29 is 19.1 Å². The van der Waals surface area contributed by atoms with E-state index in [2.05, 4.69) is 49.9 Å². The first-order valence-corrected chi connectivity index (χ1v) is 12.7. The van der Waals surface area contributed by atoms with Gasteiger partial charge in [-0.25, -0.2) is 0 Å². The maximum absolute atomic E-state index is 12.7. The fraction of sp³-hybridized carbons (Fsp3) is 0.355. The monoisotopic (exact) mass is 470 g/mol. The van der Waals surface area contributed by atoms with Gasteiger partial charge in [-0.2, -0.15) is 0 Å².